The van der Waals surface area contributed by atoms with Gasteiger partial charge in [0.25, 0.3) is 5.91 Å². The molecule has 2 aromatic rings. The van der Waals surface area contributed by atoms with Crippen LogP contribution in [0, 0.1) is 5.82 Å². The van der Waals surface area contributed by atoms with Crippen molar-refractivity contribution in [1.82, 2.24) is 15.2 Å². The fourth-order valence-corrected chi connectivity index (χ4v) is 2.57. The third-order valence-electron chi connectivity index (χ3n) is 4.21. The second-order valence-corrected chi connectivity index (χ2v) is 7.16. The lowest BCUT2D eigenvalue weighted by Crippen LogP contribution is -2.40. The molecule has 3 rings (SSSR count). The number of benzene rings is 1. The van der Waals surface area contributed by atoms with Crippen molar-refractivity contribution < 1.29 is 37.1 Å². The number of halogens is 4. The van der Waals surface area contributed by atoms with Crippen molar-refractivity contribution >= 4 is 24.0 Å². The molecule has 1 saturated heterocycles. The molecule has 1 aliphatic heterocycles. The molecule has 0 radical (unpaired) electrons. The number of aliphatic carboxylic acids is 1. The van der Waals surface area contributed by atoms with Gasteiger partial charge in [0.15, 0.2) is 0 Å². The first-order valence-electron chi connectivity index (χ1n) is 9.14. The van der Waals surface area contributed by atoms with Gasteiger partial charge in [-0.3, -0.25) is 14.7 Å². The first kappa shape index (κ1) is 24.5. The largest absolute Gasteiger partial charge is 0.490 e. The maximum absolute atomic E-state index is 13.0. The summed E-state index contributed by atoms with van der Waals surface area (Å²) in [5, 5.41) is 9.76. The molecule has 2 N–H and O–H groups in total. The number of nitrogens with zero attached hydrogens (tertiary/aromatic N) is 2. The minimum absolute atomic E-state index is 0.202. The van der Waals surface area contributed by atoms with Gasteiger partial charge >= 0.3 is 18.2 Å². The zero-order chi connectivity index (χ0) is 24.1. The van der Waals surface area contributed by atoms with Gasteiger partial charge in [0.05, 0.1) is 5.69 Å². The molecule has 0 aliphatic carbocycles. The van der Waals surface area contributed by atoms with Crippen LogP contribution >= 0.6 is 0 Å². The maximum atomic E-state index is 13.0. The predicted octanol–water partition coefficient (Wildman–Crippen LogP) is 3.86. The lowest BCUT2D eigenvalue weighted by Gasteiger charge is -2.14. The summed E-state index contributed by atoms with van der Waals surface area (Å²) >= 11 is 0. The molecule has 3 amide bonds. The average molecular weight is 453 g/mol. The molecule has 170 valence electrons. The molecule has 1 aromatic heterocycles. The highest BCUT2D eigenvalue weighted by atomic mass is 19.4. The van der Waals surface area contributed by atoms with Gasteiger partial charge in [0, 0.05) is 18.3 Å². The Labute approximate surface area is 180 Å². The van der Waals surface area contributed by atoms with Crippen molar-refractivity contribution in [1.29, 1.82) is 0 Å². The van der Waals surface area contributed by atoms with E-state index in [1.165, 1.54) is 17.0 Å². The lowest BCUT2D eigenvalue weighted by molar-refractivity contribution is -0.192. The summed E-state index contributed by atoms with van der Waals surface area (Å²) in [6, 6.07) is 9.46. The van der Waals surface area contributed by atoms with Crippen LogP contribution in [0.2, 0.25) is 0 Å². The molecular formula is C21H19F4N3O4. The number of urea groups is 1. The van der Waals surface area contributed by atoms with Crippen LogP contribution in [0.1, 0.15) is 19.4 Å². The van der Waals surface area contributed by atoms with Gasteiger partial charge in [0.2, 0.25) is 0 Å². The van der Waals surface area contributed by atoms with Crippen molar-refractivity contribution in [2.75, 3.05) is 6.54 Å². The number of hydrogen-bond donors (Lipinski definition) is 2. The van der Waals surface area contributed by atoms with Gasteiger partial charge in [-0.15, -0.1) is 0 Å². The monoisotopic (exact) mass is 453 g/mol. The van der Waals surface area contributed by atoms with Gasteiger partial charge in [-0.1, -0.05) is 18.2 Å². The van der Waals surface area contributed by atoms with E-state index >= 15 is 0 Å². The van der Waals surface area contributed by atoms with Crippen LogP contribution in [0.4, 0.5) is 22.4 Å². The van der Waals surface area contributed by atoms with E-state index in [1.54, 1.807) is 44.3 Å². The highest BCUT2D eigenvalue weighted by molar-refractivity contribution is 6.06. The quantitative estimate of drug-likeness (QED) is 0.541. The zero-order valence-electron chi connectivity index (χ0n) is 17.0. The number of carbonyl (C=O) groups excluding carboxylic acids is 2. The Bertz CT molecular complexity index is 1020. The predicted molar refractivity (Wildman–Crippen MR) is 107 cm³/mol. The molecule has 0 spiro atoms. The first-order chi connectivity index (χ1) is 14.8. The Kier molecular flexibility index (Phi) is 7.34. The van der Waals surface area contributed by atoms with E-state index in [0.29, 0.717) is 0 Å². The maximum Gasteiger partial charge on any atom is 0.490 e. The molecular weight excluding hydrogens is 434 g/mol. The summed E-state index contributed by atoms with van der Waals surface area (Å²) in [6.07, 6.45) is 0.145. The molecule has 0 unspecified atom stereocenters. The summed E-state index contributed by atoms with van der Waals surface area (Å²) in [5.41, 5.74) is 1.56. The van der Waals surface area contributed by atoms with Crippen molar-refractivity contribution in [3.63, 3.8) is 0 Å². The van der Waals surface area contributed by atoms with Crippen molar-refractivity contribution in [2.24, 2.45) is 0 Å². The van der Waals surface area contributed by atoms with Gasteiger partial charge in [-0.05, 0) is 49.7 Å². The van der Waals surface area contributed by atoms with Crippen molar-refractivity contribution in [3.05, 3.63) is 60.1 Å². The van der Waals surface area contributed by atoms with Crippen LogP contribution in [-0.2, 0) is 9.59 Å². The van der Waals surface area contributed by atoms with Crippen molar-refractivity contribution in [3.8, 4) is 11.3 Å². The molecule has 2 heterocycles. The Balaban J connectivity index is 0.000000451. The summed E-state index contributed by atoms with van der Waals surface area (Å²) in [4.78, 5) is 38.3. The number of alkyl halides is 3. The smallest absolute Gasteiger partial charge is 0.475 e. The van der Waals surface area contributed by atoms with Crippen LogP contribution in [-0.4, -0.2) is 51.2 Å². The number of imide groups is 1. The minimum Gasteiger partial charge on any atom is -0.475 e. The van der Waals surface area contributed by atoms with E-state index in [9.17, 15) is 27.2 Å². The molecule has 7 nitrogen and oxygen atoms in total. The highest BCUT2D eigenvalue weighted by Gasteiger charge is 2.43. The van der Waals surface area contributed by atoms with E-state index < -0.39 is 17.7 Å². The Morgan fingerprint density at radius 3 is 2.19 bits per heavy atom. The van der Waals surface area contributed by atoms with Gasteiger partial charge < -0.3 is 10.4 Å². The summed E-state index contributed by atoms with van der Waals surface area (Å²) in [6.45, 7) is 3.55. The molecule has 11 heteroatoms. The van der Waals surface area contributed by atoms with Gasteiger partial charge in [0.1, 0.15) is 11.4 Å². The zero-order valence-corrected chi connectivity index (χ0v) is 17.0. The van der Waals surface area contributed by atoms with E-state index in [-0.39, 0.29) is 24.3 Å². The fraction of sp³-hybridized carbons (Fsp3) is 0.238. The Hall–Kier alpha value is -3.76. The second kappa shape index (κ2) is 9.58. The summed E-state index contributed by atoms with van der Waals surface area (Å²) in [5.74, 6) is -3.29. The highest BCUT2D eigenvalue weighted by Crippen LogP contribution is 2.19. The molecule has 0 atom stereocenters. The average Bonchev–Trinajstić information content (AvgIpc) is 2.90. The Morgan fingerprint density at radius 2 is 1.75 bits per heavy atom. The number of amides is 3. The van der Waals surface area contributed by atoms with Crippen LogP contribution in [0.25, 0.3) is 17.3 Å². The molecule has 1 aromatic carbocycles. The van der Waals surface area contributed by atoms with Crippen LogP contribution in [0.5, 0.6) is 0 Å². The molecule has 1 fully saturated rings. The van der Waals surface area contributed by atoms with Gasteiger partial charge in [-0.25, -0.2) is 14.0 Å². The lowest BCUT2D eigenvalue weighted by atomic mass is 10.1. The molecule has 32 heavy (non-hydrogen) atoms. The number of rotatable bonds is 4. The standard InChI is InChI=1S/C19H18FN3O2.C2HF3O2/c1-19(2)17(24)23(18(25)22-19)11-3-4-13-5-10-16(21-12-13)14-6-8-15(20)9-7-14;3-2(4,5)1(6)7/h3-10,12H,11H2,1-2H3,(H,22,25);(H,6,7). The number of carboxylic acid groups (broad SMARTS) is 1. The van der Waals surface area contributed by atoms with Crippen LogP contribution in [0.15, 0.2) is 48.7 Å². The second-order valence-electron chi connectivity index (χ2n) is 7.16. The van der Waals surface area contributed by atoms with Crippen LogP contribution in [0.3, 0.4) is 0 Å². The van der Waals surface area contributed by atoms with E-state index in [1.807, 2.05) is 12.1 Å². The molecule has 1 aliphatic rings. The topological polar surface area (TPSA) is 99.6 Å². The molecule has 0 saturated carbocycles. The minimum atomic E-state index is -5.08. The van der Waals surface area contributed by atoms with E-state index in [0.717, 1.165) is 16.8 Å². The fourth-order valence-electron chi connectivity index (χ4n) is 2.57. The summed E-state index contributed by atoms with van der Waals surface area (Å²) < 4.78 is 44.7. The number of hydrogen-bond acceptors (Lipinski definition) is 4. The van der Waals surface area contributed by atoms with Gasteiger partial charge in [-0.2, -0.15) is 13.2 Å². The number of aromatic nitrogens is 1. The number of nitrogens with one attached hydrogen (secondary N) is 1. The Morgan fingerprint density at radius 1 is 1.16 bits per heavy atom. The van der Waals surface area contributed by atoms with E-state index in [2.05, 4.69) is 10.3 Å². The SMILES string of the molecule is CC1(C)NC(=O)N(CC=Cc2ccc(-c3ccc(F)cc3)nc2)C1=O.O=C(O)C(F)(F)F. The van der Waals surface area contributed by atoms with E-state index in [4.69, 9.17) is 9.90 Å². The van der Waals surface area contributed by atoms with Crippen molar-refractivity contribution in [2.45, 2.75) is 25.6 Å². The number of carboxylic acids is 1. The third kappa shape index (κ3) is 6.37. The first-order valence-corrected chi connectivity index (χ1v) is 9.14. The summed E-state index contributed by atoms with van der Waals surface area (Å²) in [7, 11) is 0. The van der Waals surface area contributed by atoms with Crippen LogP contribution < -0.4 is 5.32 Å². The third-order valence-corrected chi connectivity index (χ3v) is 4.21. The normalized spacial score (nSPS) is 15.4. The number of pyridine rings is 1. The number of carbonyl (C=O) groups is 3. The molecule has 0 bridgehead atoms.